The quantitative estimate of drug-likeness (QED) is 0.800. The number of carbonyl (C=O) groups is 1. The van der Waals surface area contributed by atoms with E-state index in [0.717, 1.165) is 30.7 Å². The van der Waals surface area contributed by atoms with Crippen LogP contribution in [0, 0.1) is 6.92 Å². The number of nitrogens with one attached hydrogen (secondary N) is 2. The van der Waals surface area contributed by atoms with Crippen LogP contribution in [0.4, 0.5) is 0 Å². The standard InChI is InChI=1S/C18H28N2O2.ClH/c1-4-14(3)22-17-10-13(2)7-8-15(17)12-20-18(21)11-16-6-5-9-19-16;/h7-8,10,14,16,19H,4-6,9,11-12H2,1-3H3,(H,20,21);1H. The van der Waals surface area contributed by atoms with Crippen LogP contribution in [0.1, 0.15) is 50.7 Å². The summed E-state index contributed by atoms with van der Waals surface area (Å²) in [5.41, 5.74) is 2.21. The second-order valence-electron chi connectivity index (χ2n) is 6.22. The van der Waals surface area contributed by atoms with Gasteiger partial charge in [-0.05, 0) is 51.3 Å². The third kappa shape index (κ3) is 6.40. The topological polar surface area (TPSA) is 50.4 Å². The lowest BCUT2D eigenvalue weighted by Gasteiger charge is -2.17. The van der Waals surface area contributed by atoms with Crippen molar-refractivity contribution >= 4 is 18.3 Å². The van der Waals surface area contributed by atoms with Gasteiger partial charge in [0.2, 0.25) is 5.91 Å². The molecule has 23 heavy (non-hydrogen) atoms. The van der Waals surface area contributed by atoms with E-state index in [1.807, 2.05) is 12.1 Å². The average molecular weight is 341 g/mol. The Morgan fingerprint density at radius 1 is 1.48 bits per heavy atom. The Kier molecular flexibility index (Phi) is 8.42. The summed E-state index contributed by atoms with van der Waals surface area (Å²) < 4.78 is 5.98. The van der Waals surface area contributed by atoms with Crippen molar-refractivity contribution < 1.29 is 9.53 Å². The van der Waals surface area contributed by atoms with Gasteiger partial charge in [-0.25, -0.2) is 0 Å². The SMILES string of the molecule is CCC(C)Oc1cc(C)ccc1CNC(=O)CC1CCCN1.Cl. The Morgan fingerprint density at radius 2 is 2.26 bits per heavy atom. The van der Waals surface area contributed by atoms with Crippen molar-refractivity contribution in [3.8, 4) is 5.75 Å². The molecule has 0 bridgehead atoms. The highest BCUT2D eigenvalue weighted by molar-refractivity contribution is 5.85. The minimum atomic E-state index is 0. The molecule has 0 saturated carbocycles. The number of rotatable bonds is 7. The van der Waals surface area contributed by atoms with Crippen LogP contribution < -0.4 is 15.4 Å². The van der Waals surface area contributed by atoms with Crippen LogP contribution in [-0.4, -0.2) is 24.6 Å². The molecular weight excluding hydrogens is 312 g/mol. The molecule has 130 valence electrons. The van der Waals surface area contributed by atoms with Crippen molar-refractivity contribution in [3.05, 3.63) is 29.3 Å². The van der Waals surface area contributed by atoms with E-state index in [2.05, 4.69) is 37.5 Å². The maximum absolute atomic E-state index is 12.0. The van der Waals surface area contributed by atoms with Crippen LogP contribution in [0.15, 0.2) is 18.2 Å². The Bertz CT molecular complexity index is 502. The van der Waals surface area contributed by atoms with Crippen LogP contribution >= 0.6 is 12.4 Å². The molecule has 0 aromatic heterocycles. The predicted molar refractivity (Wildman–Crippen MR) is 96.3 cm³/mol. The van der Waals surface area contributed by atoms with Gasteiger partial charge in [0, 0.05) is 24.6 Å². The number of halogens is 1. The Balaban J connectivity index is 0.00000264. The summed E-state index contributed by atoms with van der Waals surface area (Å²) in [6.45, 7) is 7.78. The van der Waals surface area contributed by atoms with Crippen LogP contribution in [-0.2, 0) is 11.3 Å². The summed E-state index contributed by atoms with van der Waals surface area (Å²) in [6, 6.07) is 6.49. The highest BCUT2D eigenvalue weighted by Gasteiger charge is 2.17. The van der Waals surface area contributed by atoms with Crippen LogP contribution in [0.25, 0.3) is 0 Å². The van der Waals surface area contributed by atoms with Crippen LogP contribution in [0.3, 0.4) is 0 Å². The second kappa shape index (κ2) is 9.78. The normalized spacial score (nSPS) is 18.1. The van der Waals surface area contributed by atoms with E-state index >= 15 is 0 Å². The molecule has 2 unspecified atom stereocenters. The minimum Gasteiger partial charge on any atom is -0.490 e. The summed E-state index contributed by atoms with van der Waals surface area (Å²) in [5.74, 6) is 0.989. The smallest absolute Gasteiger partial charge is 0.221 e. The Hall–Kier alpha value is -1.26. The van der Waals surface area contributed by atoms with Crippen molar-refractivity contribution in [1.29, 1.82) is 0 Å². The number of hydrogen-bond acceptors (Lipinski definition) is 3. The second-order valence-corrected chi connectivity index (χ2v) is 6.22. The number of ether oxygens (including phenoxy) is 1. The maximum atomic E-state index is 12.0. The monoisotopic (exact) mass is 340 g/mol. The fourth-order valence-corrected chi connectivity index (χ4v) is 2.64. The molecule has 1 amide bonds. The van der Waals surface area contributed by atoms with E-state index in [0.29, 0.717) is 19.0 Å². The largest absolute Gasteiger partial charge is 0.490 e. The lowest BCUT2D eigenvalue weighted by atomic mass is 10.1. The first-order chi connectivity index (χ1) is 10.6. The molecule has 1 aromatic carbocycles. The van der Waals surface area contributed by atoms with Gasteiger partial charge in [-0.1, -0.05) is 19.1 Å². The first-order valence-corrected chi connectivity index (χ1v) is 8.34. The van der Waals surface area contributed by atoms with Crippen molar-refractivity contribution in [3.63, 3.8) is 0 Å². The van der Waals surface area contributed by atoms with E-state index in [1.54, 1.807) is 0 Å². The maximum Gasteiger partial charge on any atom is 0.221 e. The highest BCUT2D eigenvalue weighted by atomic mass is 35.5. The Labute approximate surface area is 145 Å². The van der Waals surface area contributed by atoms with E-state index in [4.69, 9.17) is 4.74 Å². The van der Waals surface area contributed by atoms with Crippen molar-refractivity contribution in [1.82, 2.24) is 10.6 Å². The average Bonchev–Trinajstić information content (AvgIpc) is 2.99. The van der Waals surface area contributed by atoms with E-state index in [-0.39, 0.29) is 24.4 Å². The fourth-order valence-electron chi connectivity index (χ4n) is 2.64. The summed E-state index contributed by atoms with van der Waals surface area (Å²) in [4.78, 5) is 12.0. The minimum absolute atomic E-state index is 0. The van der Waals surface area contributed by atoms with Gasteiger partial charge in [-0.2, -0.15) is 0 Å². The Morgan fingerprint density at radius 3 is 2.91 bits per heavy atom. The summed E-state index contributed by atoms with van der Waals surface area (Å²) in [7, 11) is 0. The molecule has 5 heteroatoms. The molecule has 1 fully saturated rings. The van der Waals surface area contributed by atoms with Gasteiger partial charge >= 0.3 is 0 Å². The van der Waals surface area contributed by atoms with Gasteiger partial charge < -0.3 is 15.4 Å². The molecule has 1 aromatic rings. The number of benzene rings is 1. The lowest BCUT2D eigenvalue weighted by Crippen LogP contribution is -2.31. The van der Waals surface area contributed by atoms with Gasteiger partial charge in [-0.15, -0.1) is 12.4 Å². The molecule has 2 atom stereocenters. The van der Waals surface area contributed by atoms with E-state index in [9.17, 15) is 4.79 Å². The van der Waals surface area contributed by atoms with Crippen LogP contribution in [0.5, 0.6) is 5.75 Å². The number of aryl methyl sites for hydroxylation is 1. The molecule has 1 aliphatic rings. The zero-order valence-corrected chi connectivity index (χ0v) is 15.2. The fraction of sp³-hybridized carbons (Fsp3) is 0.611. The van der Waals surface area contributed by atoms with Gasteiger partial charge in [-0.3, -0.25) is 4.79 Å². The van der Waals surface area contributed by atoms with Gasteiger partial charge in [0.1, 0.15) is 5.75 Å². The zero-order chi connectivity index (χ0) is 15.9. The lowest BCUT2D eigenvalue weighted by molar-refractivity contribution is -0.121. The van der Waals surface area contributed by atoms with E-state index < -0.39 is 0 Å². The summed E-state index contributed by atoms with van der Waals surface area (Å²) >= 11 is 0. The third-order valence-electron chi connectivity index (χ3n) is 4.20. The molecule has 0 spiro atoms. The molecule has 2 N–H and O–H groups in total. The summed E-state index contributed by atoms with van der Waals surface area (Å²) in [5, 5.41) is 6.37. The zero-order valence-electron chi connectivity index (χ0n) is 14.4. The number of hydrogen-bond donors (Lipinski definition) is 2. The molecule has 0 aliphatic carbocycles. The first-order valence-electron chi connectivity index (χ1n) is 8.34. The van der Waals surface area contributed by atoms with E-state index in [1.165, 1.54) is 12.0 Å². The summed E-state index contributed by atoms with van der Waals surface area (Å²) in [6.07, 6.45) is 3.97. The molecular formula is C18H29ClN2O2. The molecule has 1 saturated heterocycles. The molecule has 0 radical (unpaired) electrons. The van der Waals surface area contributed by atoms with Crippen molar-refractivity contribution in [2.45, 2.75) is 65.1 Å². The number of carbonyl (C=O) groups excluding carboxylic acids is 1. The highest BCUT2D eigenvalue weighted by Crippen LogP contribution is 2.22. The molecule has 4 nitrogen and oxygen atoms in total. The molecule has 2 rings (SSSR count). The van der Waals surface area contributed by atoms with Gasteiger partial charge in [0.05, 0.1) is 6.10 Å². The molecule has 1 aliphatic heterocycles. The van der Waals surface area contributed by atoms with Gasteiger partial charge in [0.25, 0.3) is 0 Å². The van der Waals surface area contributed by atoms with Crippen LogP contribution in [0.2, 0.25) is 0 Å². The predicted octanol–water partition coefficient (Wildman–Crippen LogP) is 3.35. The van der Waals surface area contributed by atoms with Gasteiger partial charge in [0.15, 0.2) is 0 Å². The molecule has 1 heterocycles. The first kappa shape index (κ1) is 19.8. The van der Waals surface area contributed by atoms with Crippen molar-refractivity contribution in [2.75, 3.05) is 6.54 Å². The van der Waals surface area contributed by atoms with Crippen molar-refractivity contribution in [2.24, 2.45) is 0 Å². The third-order valence-corrected chi connectivity index (χ3v) is 4.20. The number of amides is 1.